The summed E-state index contributed by atoms with van der Waals surface area (Å²) in [5.74, 6) is 0.556. The van der Waals surface area contributed by atoms with Gasteiger partial charge in [0.1, 0.15) is 0 Å². The maximum atomic E-state index is 12.4. The van der Waals surface area contributed by atoms with Crippen LogP contribution in [0.2, 0.25) is 0 Å². The molecule has 0 radical (unpaired) electrons. The summed E-state index contributed by atoms with van der Waals surface area (Å²) in [6.07, 6.45) is 4.26. The molecule has 2 aliphatic rings. The topological polar surface area (TPSA) is 87.3 Å². The Balaban J connectivity index is 0.00000208. The summed E-state index contributed by atoms with van der Waals surface area (Å²) in [4.78, 5) is 12.1. The Morgan fingerprint density at radius 2 is 1.92 bits per heavy atom. The highest BCUT2D eigenvalue weighted by Crippen LogP contribution is 2.27. The molecule has 8 heteroatoms. The molecule has 134 valence electrons. The monoisotopic (exact) mass is 373 g/mol. The quantitative estimate of drug-likeness (QED) is 0.648. The summed E-state index contributed by atoms with van der Waals surface area (Å²) in [6.45, 7) is 2.86. The van der Waals surface area contributed by atoms with E-state index in [0.717, 1.165) is 19.4 Å². The summed E-state index contributed by atoms with van der Waals surface area (Å²) in [5, 5.41) is 5.87. The van der Waals surface area contributed by atoms with Gasteiger partial charge in [-0.2, -0.15) is 0 Å². The molecule has 2 saturated carbocycles. The van der Waals surface area contributed by atoms with Crippen LogP contribution in [0.5, 0.6) is 0 Å². The lowest BCUT2D eigenvalue weighted by Gasteiger charge is -2.12. The molecule has 0 aromatic heterocycles. The molecule has 3 N–H and O–H groups in total. The largest absolute Gasteiger partial charge is 0.325 e. The number of halogens is 1. The lowest BCUT2D eigenvalue weighted by atomic mass is 10.2. The summed E-state index contributed by atoms with van der Waals surface area (Å²) in [5.41, 5.74) is 1.17. The average Bonchev–Trinajstić information content (AvgIpc) is 3.36. The van der Waals surface area contributed by atoms with Crippen LogP contribution in [0, 0.1) is 12.8 Å². The number of sulfonamides is 1. The molecule has 1 aromatic rings. The van der Waals surface area contributed by atoms with Crippen LogP contribution in [-0.4, -0.2) is 33.5 Å². The lowest BCUT2D eigenvalue weighted by molar-refractivity contribution is -0.115. The first-order valence-corrected chi connectivity index (χ1v) is 9.56. The molecule has 0 spiro atoms. The highest BCUT2D eigenvalue weighted by Gasteiger charge is 2.29. The average molecular weight is 374 g/mol. The van der Waals surface area contributed by atoms with Crippen LogP contribution in [0.1, 0.15) is 31.2 Å². The fraction of sp³-hybridized carbons (Fsp3) is 0.562. The van der Waals surface area contributed by atoms with Crippen LogP contribution in [0.25, 0.3) is 0 Å². The predicted molar refractivity (Wildman–Crippen MR) is 96.0 cm³/mol. The Morgan fingerprint density at radius 1 is 1.21 bits per heavy atom. The van der Waals surface area contributed by atoms with E-state index in [0.29, 0.717) is 17.2 Å². The Kier molecular flexibility index (Phi) is 6.25. The van der Waals surface area contributed by atoms with Crippen molar-refractivity contribution >= 4 is 34.0 Å². The van der Waals surface area contributed by atoms with Crippen LogP contribution in [0.4, 0.5) is 5.69 Å². The second kappa shape index (κ2) is 7.82. The first-order chi connectivity index (χ1) is 10.9. The van der Waals surface area contributed by atoms with Gasteiger partial charge < -0.3 is 10.6 Å². The number of amides is 1. The molecule has 3 rings (SSSR count). The van der Waals surface area contributed by atoms with Crippen LogP contribution < -0.4 is 15.4 Å². The van der Waals surface area contributed by atoms with Gasteiger partial charge in [0.25, 0.3) is 0 Å². The van der Waals surface area contributed by atoms with Crippen LogP contribution >= 0.6 is 12.4 Å². The predicted octanol–water partition coefficient (Wildman–Crippen LogP) is 1.80. The highest BCUT2D eigenvalue weighted by atomic mass is 35.5. The highest BCUT2D eigenvalue weighted by molar-refractivity contribution is 7.89. The van der Waals surface area contributed by atoms with Gasteiger partial charge in [-0.25, -0.2) is 13.1 Å². The van der Waals surface area contributed by atoms with Crippen LogP contribution in [-0.2, 0) is 14.8 Å². The van der Waals surface area contributed by atoms with Crippen molar-refractivity contribution in [3.63, 3.8) is 0 Å². The third-order valence-electron chi connectivity index (χ3n) is 4.08. The van der Waals surface area contributed by atoms with Crippen molar-refractivity contribution in [3.8, 4) is 0 Å². The summed E-state index contributed by atoms with van der Waals surface area (Å²) < 4.78 is 27.4. The molecule has 24 heavy (non-hydrogen) atoms. The summed E-state index contributed by atoms with van der Waals surface area (Å²) >= 11 is 0. The zero-order chi connectivity index (χ0) is 16.4. The molecule has 1 aromatic carbocycles. The van der Waals surface area contributed by atoms with E-state index in [1.165, 1.54) is 18.9 Å². The first kappa shape index (κ1) is 19.2. The molecular weight excluding hydrogens is 350 g/mol. The molecule has 2 fully saturated rings. The third-order valence-corrected chi connectivity index (χ3v) is 5.74. The van der Waals surface area contributed by atoms with E-state index >= 15 is 0 Å². The SMILES string of the molecule is Cc1ccc(NC(=O)CNCC2CC2)cc1S(=O)(=O)NC1CC1.Cl. The van der Waals surface area contributed by atoms with E-state index in [9.17, 15) is 13.2 Å². The van der Waals surface area contributed by atoms with E-state index in [2.05, 4.69) is 15.4 Å². The van der Waals surface area contributed by atoms with Crippen molar-refractivity contribution in [1.82, 2.24) is 10.0 Å². The number of hydrogen-bond acceptors (Lipinski definition) is 4. The molecule has 2 aliphatic carbocycles. The Labute approximate surface area is 149 Å². The molecule has 6 nitrogen and oxygen atoms in total. The Bertz CT molecular complexity index is 701. The Hall–Kier alpha value is -1.15. The molecule has 0 saturated heterocycles. The molecule has 1 amide bonds. The number of rotatable bonds is 8. The van der Waals surface area contributed by atoms with Gasteiger partial charge in [0.2, 0.25) is 15.9 Å². The second-order valence-corrected chi connectivity index (χ2v) is 8.18. The number of hydrogen-bond donors (Lipinski definition) is 3. The van der Waals surface area contributed by atoms with Crippen molar-refractivity contribution in [2.75, 3.05) is 18.4 Å². The van der Waals surface area contributed by atoms with Gasteiger partial charge >= 0.3 is 0 Å². The normalized spacial score (nSPS) is 17.2. The van der Waals surface area contributed by atoms with Crippen molar-refractivity contribution in [2.24, 2.45) is 5.92 Å². The van der Waals surface area contributed by atoms with Gasteiger partial charge in [0.05, 0.1) is 11.4 Å². The van der Waals surface area contributed by atoms with Crippen molar-refractivity contribution in [1.29, 1.82) is 0 Å². The minimum absolute atomic E-state index is 0. The van der Waals surface area contributed by atoms with E-state index in [4.69, 9.17) is 0 Å². The maximum absolute atomic E-state index is 12.4. The second-order valence-electron chi connectivity index (χ2n) is 6.50. The number of nitrogens with one attached hydrogen (secondary N) is 3. The van der Waals surface area contributed by atoms with Crippen molar-refractivity contribution < 1.29 is 13.2 Å². The van der Waals surface area contributed by atoms with Crippen LogP contribution in [0.15, 0.2) is 23.1 Å². The van der Waals surface area contributed by atoms with E-state index in [-0.39, 0.29) is 35.8 Å². The number of benzene rings is 1. The van der Waals surface area contributed by atoms with Crippen LogP contribution in [0.3, 0.4) is 0 Å². The number of aryl methyl sites for hydroxylation is 1. The first-order valence-electron chi connectivity index (χ1n) is 8.07. The van der Waals surface area contributed by atoms with E-state index in [1.54, 1.807) is 19.1 Å². The molecular formula is C16H24ClN3O3S. The fourth-order valence-corrected chi connectivity index (χ4v) is 3.94. The summed E-state index contributed by atoms with van der Waals surface area (Å²) in [6, 6.07) is 5.03. The van der Waals surface area contributed by atoms with Crippen molar-refractivity contribution in [2.45, 2.75) is 43.5 Å². The Morgan fingerprint density at radius 3 is 2.54 bits per heavy atom. The molecule has 0 bridgehead atoms. The number of anilines is 1. The van der Waals surface area contributed by atoms with Gasteiger partial charge in [-0.15, -0.1) is 12.4 Å². The van der Waals surface area contributed by atoms with E-state index < -0.39 is 10.0 Å². The fourth-order valence-electron chi connectivity index (χ4n) is 2.37. The standard InChI is InChI=1S/C16H23N3O3S.ClH/c1-11-2-5-14(18-16(20)10-17-9-12-3-4-12)8-15(11)23(21,22)19-13-6-7-13;/h2,5,8,12-13,17,19H,3-4,6-7,9-10H2,1H3,(H,18,20);1H. The zero-order valence-electron chi connectivity index (χ0n) is 13.7. The smallest absolute Gasteiger partial charge is 0.241 e. The molecule has 0 aliphatic heterocycles. The molecule has 0 atom stereocenters. The van der Waals surface area contributed by atoms with Gasteiger partial charge in [0.15, 0.2) is 0 Å². The van der Waals surface area contributed by atoms with Gasteiger partial charge in [-0.05, 0) is 62.8 Å². The maximum Gasteiger partial charge on any atom is 0.241 e. The minimum Gasteiger partial charge on any atom is -0.325 e. The summed E-state index contributed by atoms with van der Waals surface area (Å²) in [7, 11) is -3.52. The number of carbonyl (C=O) groups is 1. The van der Waals surface area contributed by atoms with Crippen molar-refractivity contribution in [3.05, 3.63) is 23.8 Å². The third kappa shape index (κ3) is 5.44. The van der Waals surface area contributed by atoms with Gasteiger partial charge in [-0.1, -0.05) is 6.07 Å². The van der Waals surface area contributed by atoms with Gasteiger partial charge in [-0.3, -0.25) is 4.79 Å². The molecule has 0 heterocycles. The van der Waals surface area contributed by atoms with E-state index in [1.807, 2.05) is 0 Å². The zero-order valence-corrected chi connectivity index (χ0v) is 15.3. The molecule has 0 unspecified atom stereocenters. The number of carbonyl (C=O) groups excluding carboxylic acids is 1. The lowest BCUT2D eigenvalue weighted by Crippen LogP contribution is -2.30. The van der Waals surface area contributed by atoms with Gasteiger partial charge in [0, 0.05) is 11.7 Å². The minimum atomic E-state index is -3.52.